The first-order valence-electron chi connectivity index (χ1n) is 4.46. The number of benzene rings is 1. The smallest absolute Gasteiger partial charge is 0.129 e. The van der Waals surface area contributed by atoms with Crippen molar-refractivity contribution in [1.82, 2.24) is 0 Å². The van der Waals surface area contributed by atoms with Crippen LogP contribution in [-0.2, 0) is 12.0 Å². The van der Waals surface area contributed by atoms with Crippen LogP contribution in [0.25, 0.3) is 0 Å². The molecule has 0 spiro atoms. The van der Waals surface area contributed by atoms with Gasteiger partial charge in [-0.1, -0.05) is 19.1 Å². The normalized spacial score (nSPS) is 11.8. The summed E-state index contributed by atoms with van der Waals surface area (Å²) in [7, 11) is 0. The molecule has 1 aromatic rings. The number of rotatable bonds is 2. The molecule has 0 radical (unpaired) electrons. The molecule has 0 saturated carbocycles. The standard InChI is InChI=1S/C11H15FO/c1-4-8-5-6-10(12)9(7-8)11(2,3)13/h5-7,13H,4H2,1-3H3. The SMILES string of the molecule is CCc1ccc(F)c(C(C)(C)O)c1. The van der Waals surface area contributed by atoms with Gasteiger partial charge in [-0.05, 0) is 31.9 Å². The van der Waals surface area contributed by atoms with Crippen LogP contribution in [0.15, 0.2) is 18.2 Å². The minimum Gasteiger partial charge on any atom is -0.386 e. The molecule has 0 heterocycles. The van der Waals surface area contributed by atoms with E-state index < -0.39 is 5.60 Å². The minimum atomic E-state index is -1.10. The van der Waals surface area contributed by atoms with Gasteiger partial charge in [0.05, 0.1) is 5.60 Å². The van der Waals surface area contributed by atoms with Crippen LogP contribution < -0.4 is 0 Å². The molecule has 1 nitrogen and oxygen atoms in total. The average Bonchev–Trinajstić information content (AvgIpc) is 2.03. The molecule has 0 fully saturated rings. The predicted octanol–water partition coefficient (Wildman–Crippen LogP) is 2.62. The number of halogens is 1. The number of hydrogen-bond acceptors (Lipinski definition) is 1. The first kappa shape index (κ1) is 10.2. The Labute approximate surface area is 78.2 Å². The van der Waals surface area contributed by atoms with Crippen LogP contribution in [0.2, 0.25) is 0 Å². The zero-order valence-electron chi connectivity index (χ0n) is 8.26. The molecule has 2 heteroatoms. The summed E-state index contributed by atoms with van der Waals surface area (Å²) in [5.41, 5.74) is 0.306. The Hall–Kier alpha value is -0.890. The number of hydrogen-bond donors (Lipinski definition) is 1. The van der Waals surface area contributed by atoms with Crippen LogP contribution >= 0.6 is 0 Å². The minimum absolute atomic E-state index is 0.343. The summed E-state index contributed by atoms with van der Waals surface area (Å²) in [5.74, 6) is -0.343. The summed E-state index contributed by atoms with van der Waals surface area (Å²) >= 11 is 0. The van der Waals surface area contributed by atoms with E-state index in [0.717, 1.165) is 12.0 Å². The van der Waals surface area contributed by atoms with Crippen molar-refractivity contribution < 1.29 is 9.50 Å². The van der Waals surface area contributed by atoms with Gasteiger partial charge < -0.3 is 5.11 Å². The van der Waals surface area contributed by atoms with E-state index in [1.807, 2.05) is 6.92 Å². The van der Waals surface area contributed by atoms with E-state index in [1.54, 1.807) is 26.0 Å². The molecule has 0 aliphatic carbocycles. The van der Waals surface area contributed by atoms with Gasteiger partial charge in [-0.15, -0.1) is 0 Å². The van der Waals surface area contributed by atoms with E-state index in [4.69, 9.17) is 0 Å². The highest BCUT2D eigenvalue weighted by molar-refractivity contribution is 5.28. The third kappa shape index (κ3) is 2.28. The molecule has 13 heavy (non-hydrogen) atoms. The third-order valence-electron chi connectivity index (χ3n) is 2.10. The molecule has 1 rings (SSSR count). The Morgan fingerprint density at radius 3 is 2.46 bits per heavy atom. The Kier molecular flexibility index (Phi) is 2.71. The molecule has 0 unspecified atom stereocenters. The van der Waals surface area contributed by atoms with E-state index in [1.165, 1.54) is 6.07 Å². The van der Waals surface area contributed by atoms with Crippen LogP contribution in [0, 0.1) is 5.82 Å². The van der Waals surface area contributed by atoms with Crippen LogP contribution in [0.1, 0.15) is 31.9 Å². The zero-order chi connectivity index (χ0) is 10.1. The zero-order valence-corrected chi connectivity index (χ0v) is 8.26. The molecule has 1 aromatic carbocycles. The van der Waals surface area contributed by atoms with Gasteiger partial charge in [0.1, 0.15) is 5.82 Å². The highest BCUT2D eigenvalue weighted by atomic mass is 19.1. The van der Waals surface area contributed by atoms with E-state index in [2.05, 4.69) is 0 Å². The summed E-state index contributed by atoms with van der Waals surface area (Å²) in [6, 6.07) is 4.87. The van der Waals surface area contributed by atoms with Crippen molar-refractivity contribution in [2.24, 2.45) is 0 Å². The van der Waals surface area contributed by atoms with Crippen molar-refractivity contribution in [3.05, 3.63) is 35.1 Å². The summed E-state index contributed by atoms with van der Waals surface area (Å²) in [6.45, 7) is 5.18. The molecule has 0 aliphatic rings. The molecule has 0 aromatic heterocycles. The third-order valence-corrected chi connectivity index (χ3v) is 2.10. The van der Waals surface area contributed by atoms with Gasteiger partial charge >= 0.3 is 0 Å². The summed E-state index contributed by atoms with van der Waals surface area (Å²) in [4.78, 5) is 0. The van der Waals surface area contributed by atoms with Gasteiger partial charge in [-0.2, -0.15) is 0 Å². The Morgan fingerprint density at radius 1 is 1.38 bits per heavy atom. The fourth-order valence-electron chi connectivity index (χ4n) is 1.26. The van der Waals surface area contributed by atoms with E-state index in [9.17, 15) is 9.50 Å². The second kappa shape index (κ2) is 3.46. The molecular weight excluding hydrogens is 167 g/mol. The van der Waals surface area contributed by atoms with E-state index >= 15 is 0 Å². The van der Waals surface area contributed by atoms with Gasteiger partial charge in [0.15, 0.2) is 0 Å². The molecule has 0 amide bonds. The summed E-state index contributed by atoms with van der Waals surface area (Å²) in [6.07, 6.45) is 0.851. The quantitative estimate of drug-likeness (QED) is 0.745. The maximum absolute atomic E-state index is 13.2. The second-order valence-electron chi connectivity index (χ2n) is 3.73. The first-order chi connectivity index (χ1) is 5.95. The molecule has 0 saturated heterocycles. The topological polar surface area (TPSA) is 20.2 Å². The fraction of sp³-hybridized carbons (Fsp3) is 0.455. The van der Waals surface area contributed by atoms with E-state index in [-0.39, 0.29) is 5.82 Å². The van der Waals surface area contributed by atoms with Crippen molar-refractivity contribution >= 4 is 0 Å². The highest BCUT2D eigenvalue weighted by Crippen LogP contribution is 2.23. The maximum Gasteiger partial charge on any atom is 0.129 e. The lowest BCUT2D eigenvalue weighted by Gasteiger charge is -2.19. The van der Waals surface area contributed by atoms with Crippen molar-refractivity contribution in [3.8, 4) is 0 Å². The number of aliphatic hydroxyl groups is 1. The maximum atomic E-state index is 13.2. The average molecular weight is 182 g/mol. The van der Waals surface area contributed by atoms with Gasteiger partial charge in [-0.3, -0.25) is 0 Å². The van der Waals surface area contributed by atoms with Crippen molar-refractivity contribution in [1.29, 1.82) is 0 Å². The molecule has 72 valence electrons. The summed E-state index contributed by atoms with van der Waals surface area (Å²) < 4.78 is 13.2. The lowest BCUT2D eigenvalue weighted by atomic mass is 9.95. The Morgan fingerprint density at radius 2 is 2.00 bits per heavy atom. The first-order valence-corrected chi connectivity index (χ1v) is 4.46. The highest BCUT2D eigenvalue weighted by Gasteiger charge is 2.20. The molecular formula is C11H15FO. The monoisotopic (exact) mass is 182 g/mol. The second-order valence-corrected chi connectivity index (χ2v) is 3.73. The molecule has 0 bridgehead atoms. The van der Waals surface area contributed by atoms with Crippen LogP contribution in [0.5, 0.6) is 0 Å². The van der Waals surface area contributed by atoms with Crippen molar-refractivity contribution in [2.75, 3.05) is 0 Å². The van der Waals surface area contributed by atoms with Gasteiger partial charge in [0, 0.05) is 5.56 Å². The van der Waals surface area contributed by atoms with Crippen molar-refractivity contribution in [3.63, 3.8) is 0 Å². The van der Waals surface area contributed by atoms with Gasteiger partial charge in [0.2, 0.25) is 0 Å². The van der Waals surface area contributed by atoms with Crippen molar-refractivity contribution in [2.45, 2.75) is 32.8 Å². The van der Waals surface area contributed by atoms with Crippen LogP contribution in [0.3, 0.4) is 0 Å². The summed E-state index contributed by atoms with van der Waals surface area (Å²) in [5, 5.41) is 9.65. The lowest BCUT2D eigenvalue weighted by Crippen LogP contribution is -2.17. The molecule has 1 N–H and O–H groups in total. The molecule has 0 atom stereocenters. The van der Waals surface area contributed by atoms with Crippen LogP contribution in [-0.4, -0.2) is 5.11 Å². The van der Waals surface area contributed by atoms with Crippen LogP contribution in [0.4, 0.5) is 4.39 Å². The Bertz CT molecular complexity index is 299. The lowest BCUT2D eigenvalue weighted by molar-refractivity contribution is 0.0744. The Balaban J connectivity index is 3.19. The fourth-order valence-corrected chi connectivity index (χ4v) is 1.26. The largest absolute Gasteiger partial charge is 0.386 e. The molecule has 0 aliphatic heterocycles. The van der Waals surface area contributed by atoms with E-state index in [0.29, 0.717) is 5.56 Å². The predicted molar refractivity (Wildman–Crippen MR) is 51.0 cm³/mol. The number of aryl methyl sites for hydroxylation is 1. The van der Waals surface area contributed by atoms with Gasteiger partial charge in [0.25, 0.3) is 0 Å². The van der Waals surface area contributed by atoms with Gasteiger partial charge in [-0.25, -0.2) is 4.39 Å².